The first-order chi connectivity index (χ1) is 17.8. The van der Waals surface area contributed by atoms with E-state index in [9.17, 15) is 57.1 Å². The third kappa shape index (κ3) is 9.58. The van der Waals surface area contributed by atoms with Crippen LogP contribution in [0.5, 0.6) is 0 Å². The molecule has 40 heavy (non-hydrogen) atoms. The highest BCUT2D eigenvalue weighted by atomic mass is 32.2. The SMILES string of the molecule is CCCN(CCC)C(=O)C(CCOCC(C)(C)C(F)(F)F)(OCCCCC(F)(F)C(F)(F)S(=O)(=O)O)C(F)(F)F. The maximum atomic E-state index is 14.4. The van der Waals surface area contributed by atoms with Crippen LogP contribution in [0.2, 0.25) is 0 Å². The molecule has 0 saturated heterocycles. The fourth-order valence-corrected chi connectivity index (χ4v) is 3.83. The molecule has 0 fully saturated rings. The summed E-state index contributed by atoms with van der Waals surface area (Å²) in [6.45, 7) is 1.17. The van der Waals surface area contributed by atoms with Crippen molar-refractivity contribution in [2.45, 2.75) is 95.4 Å². The summed E-state index contributed by atoms with van der Waals surface area (Å²) in [5.41, 5.74) is -6.11. The topological polar surface area (TPSA) is 93.1 Å². The normalized spacial score (nSPS) is 15.7. The Morgan fingerprint density at radius 3 is 1.70 bits per heavy atom. The molecule has 0 aliphatic carbocycles. The number of rotatable bonds is 18. The average molecular weight is 632 g/mol. The summed E-state index contributed by atoms with van der Waals surface area (Å²) in [6, 6.07) is 0. The van der Waals surface area contributed by atoms with Crippen LogP contribution in [-0.2, 0) is 24.4 Å². The van der Waals surface area contributed by atoms with Crippen LogP contribution in [0.25, 0.3) is 0 Å². The minimum absolute atomic E-state index is 0.146. The lowest BCUT2D eigenvalue weighted by atomic mass is 9.93. The van der Waals surface area contributed by atoms with E-state index < -0.39 is 96.1 Å². The van der Waals surface area contributed by atoms with E-state index in [1.807, 2.05) is 0 Å². The largest absolute Gasteiger partial charge is 0.431 e. The first kappa shape index (κ1) is 38.6. The minimum Gasteiger partial charge on any atom is -0.380 e. The second kappa shape index (κ2) is 14.2. The van der Waals surface area contributed by atoms with Crippen molar-refractivity contribution >= 4 is 16.0 Å². The van der Waals surface area contributed by atoms with Gasteiger partial charge in [-0.3, -0.25) is 9.35 Å². The average Bonchev–Trinajstić information content (AvgIpc) is 2.77. The summed E-state index contributed by atoms with van der Waals surface area (Å²) in [5, 5.41) is -5.87. The number of alkyl halides is 10. The zero-order valence-corrected chi connectivity index (χ0v) is 23.2. The Hall–Kier alpha value is -1.40. The van der Waals surface area contributed by atoms with Gasteiger partial charge >= 0.3 is 33.6 Å². The highest BCUT2D eigenvalue weighted by Gasteiger charge is 2.65. The third-order valence-corrected chi connectivity index (χ3v) is 6.84. The lowest BCUT2D eigenvalue weighted by Crippen LogP contribution is -2.60. The second-order valence-corrected chi connectivity index (χ2v) is 11.3. The van der Waals surface area contributed by atoms with E-state index in [2.05, 4.69) is 0 Å². The fourth-order valence-electron chi connectivity index (χ4n) is 3.35. The molecule has 0 aromatic rings. The van der Waals surface area contributed by atoms with E-state index in [1.165, 1.54) is 0 Å². The molecule has 0 aliphatic heterocycles. The number of hydrogen-bond donors (Lipinski definition) is 1. The van der Waals surface area contributed by atoms with Gasteiger partial charge in [-0.05, 0) is 39.5 Å². The number of carbonyl (C=O) groups is 1. The van der Waals surface area contributed by atoms with E-state index in [0.29, 0.717) is 0 Å². The molecule has 0 aliphatic rings. The number of nitrogens with zero attached hydrogens (tertiary/aromatic N) is 1. The minimum atomic E-state index is -6.51. The zero-order chi connectivity index (χ0) is 31.8. The Balaban J connectivity index is 5.88. The summed E-state index contributed by atoms with van der Waals surface area (Å²) in [4.78, 5) is 14.0. The number of unbranched alkanes of at least 4 members (excludes halogenated alkanes) is 1. The van der Waals surface area contributed by atoms with Gasteiger partial charge in [-0.15, -0.1) is 0 Å². The van der Waals surface area contributed by atoms with Crippen molar-refractivity contribution < 1.29 is 71.1 Å². The van der Waals surface area contributed by atoms with Crippen molar-refractivity contribution in [3.05, 3.63) is 0 Å². The van der Waals surface area contributed by atoms with Gasteiger partial charge in [0, 0.05) is 32.5 Å². The van der Waals surface area contributed by atoms with Gasteiger partial charge in [-0.25, -0.2) is 0 Å². The molecule has 1 atom stereocenters. The quantitative estimate of drug-likeness (QED) is 0.110. The van der Waals surface area contributed by atoms with Gasteiger partial charge in [0.15, 0.2) is 0 Å². The van der Waals surface area contributed by atoms with Gasteiger partial charge in [0.1, 0.15) is 0 Å². The predicted molar refractivity (Wildman–Crippen MR) is 122 cm³/mol. The van der Waals surface area contributed by atoms with Gasteiger partial charge in [0.2, 0.25) is 5.60 Å². The van der Waals surface area contributed by atoms with Crippen molar-refractivity contribution in [1.82, 2.24) is 4.90 Å². The molecule has 1 N–H and O–H groups in total. The highest BCUT2D eigenvalue weighted by Crippen LogP contribution is 2.43. The standard InChI is InChI=1S/C22H35F10NO6S/c1-5-11-33(12-6-2)16(34)18(21(28,29)30,10-14-38-15-17(3,4)20(25,26)27)39-13-8-7-9-19(23,24)22(31,32)40(35,36)37/h5-15H2,1-4H3,(H,35,36,37). The maximum absolute atomic E-state index is 14.4. The molecule has 0 rings (SSSR count). The number of carbonyl (C=O) groups excluding carboxylic acids is 1. The van der Waals surface area contributed by atoms with Crippen LogP contribution in [0.3, 0.4) is 0 Å². The van der Waals surface area contributed by atoms with E-state index in [4.69, 9.17) is 14.0 Å². The zero-order valence-electron chi connectivity index (χ0n) is 22.4. The van der Waals surface area contributed by atoms with Crippen LogP contribution in [0.15, 0.2) is 0 Å². The third-order valence-electron chi connectivity index (χ3n) is 5.89. The van der Waals surface area contributed by atoms with Crippen molar-refractivity contribution in [1.29, 1.82) is 0 Å². The van der Waals surface area contributed by atoms with E-state index in [-0.39, 0.29) is 25.9 Å². The number of amides is 1. The summed E-state index contributed by atoms with van der Waals surface area (Å²) in [5.74, 6) is -6.87. The van der Waals surface area contributed by atoms with E-state index in [0.717, 1.165) is 18.7 Å². The lowest BCUT2D eigenvalue weighted by Gasteiger charge is -2.38. The van der Waals surface area contributed by atoms with E-state index in [1.54, 1.807) is 13.8 Å². The van der Waals surface area contributed by atoms with Crippen LogP contribution in [0, 0.1) is 5.41 Å². The number of hydrogen-bond acceptors (Lipinski definition) is 5. The molecular formula is C22H35F10NO6S. The highest BCUT2D eigenvalue weighted by molar-refractivity contribution is 7.87. The first-order valence-corrected chi connectivity index (χ1v) is 13.7. The van der Waals surface area contributed by atoms with Gasteiger partial charge in [-0.1, -0.05) is 13.8 Å². The number of halogens is 10. The monoisotopic (exact) mass is 631 g/mol. The summed E-state index contributed by atoms with van der Waals surface area (Å²) in [7, 11) is -6.51. The number of ether oxygens (including phenoxy) is 2. The summed E-state index contributed by atoms with van der Waals surface area (Å²) < 4.78 is 176. The molecule has 0 spiro atoms. The molecule has 1 amide bonds. The molecule has 0 bridgehead atoms. The van der Waals surface area contributed by atoms with Crippen molar-refractivity contribution in [2.75, 3.05) is 32.9 Å². The van der Waals surface area contributed by atoms with Gasteiger partial charge in [0.25, 0.3) is 5.91 Å². The Labute approximate surface area is 226 Å². The van der Waals surface area contributed by atoms with Gasteiger partial charge in [0.05, 0.1) is 18.6 Å². The molecular weight excluding hydrogens is 596 g/mol. The van der Waals surface area contributed by atoms with Crippen LogP contribution < -0.4 is 0 Å². The van der Waals surface area contributed by atoms with Gasteiger partial charge in [-0.2, -0.15) is 52.3 Å². The Morgan fingerprint density at radius 2 is 1.30 bits per heavy atom. The summed E-state index contributed by atoms with van der Waals surface area (Å²) >= 11 is 0. The molecule has 0 saturated carbocycles. The van der Waals surface area contributed by atoms with Crippen LogP contribution in [0.1, 0.15) is 66.2 Å². The Bertz CT molecular complexity index is 903. The molecule has 1 unspecified atom stereocenters. The van der Waals surface area contributed by atoms with Crippen LogP contribution >= 0.6 is 0 Å². The maximum Gasteiger partial charge on any atom is 0.431 e. The Morgan fingerprint density at radius 1 is 0.800 bits per heavy atom. The molecule has 0 heterocycles. The molecule has 0 radical (unpaired) electrons. The predicted octanol–water partition coefficient (Wildman–Crippen LogP) is 6.23. The van der Waals surface area contributed by atoms with Crippen LogP contribution in [0.4, 0.5) is 43.9 Å². The van der Waals surface area contributed by atoms with Crippen molar-refractivity contribution in [3.8, 4) is 0 Å². The molecule has 18 heteroatoms. The van der Waals surface area contributed by atoms with Crippen molar-refractivity contribution in [3.63, 3.8) is 0 Å². The van der Waals surface area contributed by atoms with Crippen molar-refractivity contribution in [2.24, 2.45) is 5.41 Å². The fraction of sp³-hybridized carbons (Fsp3) is 0.955. The molecule has 240 valence electrons. The van der Waals surface area contributed by atoms with Gasteiger partial charge < -0.3 is 14.4 Å². The Kier molecular flexibility index (Phi) is 13.7. The smallest absolute Gasteiger partial charge is 0.380 e. The van der Waals surface area contributed by atoms with Crippen LogP contribution in [-0.4, -0.2) is 85.8 Å². The first-order valence-electron chi connectivity index (χ1n) is 12.2. The second-order valence-electron chi connectivity index (χ2n) is 9.80. The molecule has 0 aromatic carbocycles. The summed E-state index contributed by atoms with van der Waals surface area (Å²) in [6.07, 6.45) is -14.7. The lowest BCUT2D eigenvalue weighted by molar-refractivity contribution is -0.278. The molecule has 7 nitrogen and oxygen atoms in total. The molecule has 0 aromatic heterocycles. The van der Waals surface area contributed by atoms with E-state index >= 15 is 0 Å².